The van der Waals surface area contributed by atoms with E-state index < -0.39 is 0 Å². The highest BCUT2D eigenvalue weighted by atomic mass is 35.5. The fraction of sp³-hybridized carbons (Fsp3) is 0.125. The molecule has 4 nitrogen and oxygen atoms in total. The van der Waals surface area contributed by atoms with E-state index in [-0.39, 0.29) is 5.91 Å². The van der Waals surface area contributed by atoms with Crippen LogP contribution in [0.2, 0.25) is 5.02 Å². The Morgan fingerprint density at radius 2 is 1.34 bits per heavy atom. The van der Waals surface area contributed by atoms with Crippen molar-refractivity contribution in [2.75, 3.05) is 26.2 Å². The van der Waals surface area contributed by atoms with Gasteiger partial charge in [0, 0.05) is 23.2 Å². The van der Waals surface area contributed by atoms with Crippen LogP contribution in [0.15, 0.2) is 66.7 Å². The van der Waals surface area contributed by atoms with Gasteiger partial charge < -0.3 is 14.4 Å². The van der Waals surface area contributed by atoms with Gasteiger partial charge in [0.15, 0.2) is 0 Å². The number of amides is 1. The molecule has 1 aliphatic rings. The second-order valence-corrected chi connectivity index (χ2v) is 7.17. The van der Waals surface area contributed by atoms with Gasteiger partial charge in [-0.15, -0.1) is 0 Å². The van der Waals surface area contributed by atoms with E-state index in [2.05, 4.69) is 0 Å². The van der Waals surface area contributed by atoms with E-state index in [0.29, 0.717) is 10.6 Å². The van der Waals surface area contributed by atoms with Crippen molar-refractivity contribution in [2.24, 2.45) is 0 Å². The lowest BCUT2D eigenvalue weighted by atomic mass is 9.90. The first-order valence-corrected chi connectivity index (χ1v) is 9.52. The van der Waals surface area contributed by atoms with Crippen LogP contribution in [0.3, 0.4) is 0 Å². The summed E-state index contributed by atoms with van der Waals surface area (Å²) in [7, 11) is 5.03. The molecule has 29 heavy (non-hydrogen) atoms. The summed E-state index contributed by atoms with van der Waals surface area (Å²) in [6.45, 7) is 0. The Morgan fingerprint density at radius 1 is 0.828 bits per heavy atom. The topological polar surface area (TPSA) is 38.8 Å². The second-order valence-electron chi connectivity index (χ2n) is 6.73. The van der Waals surface area contributed by atoms with Gasteiger partial charge in [-0.05, 0) is 47.5 Å². The summed E-state index contributed by atoms with van der Waals surface area (Å²) < 4.78 is 10.6. The van der Waals surface area contributed by atoms with E-state index in [1.807, 2.05) is 66.7 Å². The van der Waals surface area contributed by atoms with E-state index in [0.717, 1.165) is 39.4 Å². The highest BCUT2D eigenvalue weighted by molar-refractivity contribution is 6.39. The van der Waals surface area contributed by atoms with Crippen molar-refractivity contribution in [3.05, 3.63) is 88.4 Å². The molecule has 1 heterocycles. The van der Waals surface area contributed by atoms with Crippen molar-refractivity contribution in [3.8, 4) is 11.5 Å². The summed E-state index contributed by atoms with van der Waals surface area (Å²) in [5, 5.41) is 0.597. The molecular weight excluding hydrogens is 386 g/mol. The van der Waals surface area contributed by atoms with Crippen LogP contribution in [0, 0.1) is 0 Å². The molecule has 3 aromatic carbocycles. The number of benzene rings is 3. The zero-order valence-electron chi connectivity index (χ0n) is 16.4. The molecule has 0 bridgehead atoms. The Kier molecular flexibility index (Phi) is 5.03. The van der Waals surface area contributed by atoms with E-state index in [1.165, 1.54) is 0 Å². The normalized spacial score (nSPS) is 12.8. The predicted octanol–water partition coefficient (Wildman–Crippen LogP) is 5.29. The molecule has 0 saturated heterocycles. The second kappa shape index (κ2) is 7.64. The number of ether oxygens (including phenoxy) is 2. The molecule has 0 radical (unpaired) electrons. The zero-order chi connectivity index (χ0) is 20.5. The van der Waals surface area contributed by atoms with E-state index in [9.17, 15) is 4.79 Å². The minimum atomic E-state index is -0.0658. The summed E-state index contributed by atoms with van der Waals surface area (Å²) in [5.74, 6) is 1.45. The number of anilines is 1. The third-order valence-corrected chi connectivity index (χ3v) is 5.35. The van der Waals surface area contributed by atoms with Crippen molar-refractivity contribution in [3.63, 3.8) is 0 Å². The lowest BCUT2D eigenvalue weighted by Crippen LogP contribution is -2.21. The Balaban J connectivity index is 2.00. The lowest BCUT2D eigenvalue weighted by Gasteiger charge is -2.14. The molecule has 1 aliphatic heterocycles. The number of carbonyl (C=O) groups excluding carboxylic acids is 1. The number of halogens is 1. The van der Waals surface area contributed by atoms with Crippen LogP contribution < -0.4 is 14.4 Å². The minimum absolute atomic E-state index is 0.0658. The molecule has 0 aromatic heterocycles. The number of hydrogen-bond donors (Lipinski definition) is 0. The molecule has 0 spiro atoms. The summed E-state index contributed by atoms with van der Waals surface area (Å²) in [6, 6.07) is 21.0. The highest BCUT2D eigenvalue weighted by Gasteiger charge is 2.33. The van der Waals surface area contributed by atoms with Gasteiger partial charge in [-0.25, -0.2) is 0 Å². The molecule has 5 heteroatoms. The third kappa shape index (κ3) is 3.36. The molecule has 0 N–H and O–H groups in total. The largest absolute Gasteiger partial charge is 0.497 e. The summed E-state index contributed by atoms with van der Waals surface area (Å²) in [6.07, 6.45) is 0. The number of nitrogens with zero attached hydrogens (tertiary/aromatic N) is 1. The number of fused-ring (bicyclic) bond motifs is 1. The summed E-state index contributed by atoms with van der Waals surface area (Å²) in [4.78, 5) is 14.9. The molecule has 0 aliphatic carbocycles. The van der Waals surface area contributed by atoms with E-state index in [1.54, 1.807) is 26.2 Å². The van der Waals surface area contributed by atoms with Crippen molar-refractivity contribution < 1.29 is 14.3 Å². The first-order chi connectivity index (χ1) is 14.0. The van der Waals surface area contributed by atoms with Crippen LogP contribution in [0.5, 0.6) is 11.5 Å². The predicted molar refractivity (Wildman–Crippen MR) is 117 cm³/mol. The Morgan fingerprint density at radius 3 is 1.83 bits per heavy atom. The van der Waals surface area contributed by atoms with Gasteiger partial charge in [-0.3, -0.25) is 4.79 Å². The van der Waals surface area contributed by atoms with Crippen molar-refractivity contribution in [1.29, 1.82) is 0 Å². The molecule has 0 atom stereocenters. The van der Waals surface area contributed by atoms with Gasteiger partial charge in [0.2, 0.25) is 0 Å². The van der Waals surface area contributed by atoms with Crippen molar-refractivity contribution in [2.45, 2.75) is 0 Å². The quantitative estimate of drug-likeness (QED) is 0.553. The summed E-state index contributed by atoms with van der Waals surface area (Å²) in [5.41, 5.74) is 5.02. The minimum Gasteiger partial charge on any atom is -0.497 e. The van der Waals surface area contributed by atoms with Crippen LogP contribution in [-0.4, -0.2) is 27.2 Å². The fourth-order valence-corrected chi connectivity index (χ4v) is 3.76. The number of methoxy groups -OCH3 is 2. The molecular formula is C24H20ClNO3. The smallest absolute Gasteiger partial charge is 0.259 e. The fourth-order valence-electron chi connectivity index (χ4n) is 3.60. The molecule has 3 aromatic rings. The van der Waals surface area contributed by atoms with Crippen LogP contribution >= 0.6 is 11.6 Å². The Labute approximate surface area is 174 Å². The lowest BCUT2D eigenvalue weighted by molar-refractivity contribution is -0.112. The maximum Gasteiger partial charge on any atom is 0.259 e. The summed E-state index contributed by atoms with van der Waals surface area (Å²) >= 11 is 6.18. The maximum atomic E-state index is 13.3. The number of carbonyl (C=O) groups is 1. The van der Waals surface area contributed by atoms with Gasteiger partial charge in [-0.1, -0.05) is 41.9 Å². The van der Waals surface area contributed by atoms with Crippen LogP contribution in [0.4, 0.5) is 5.69 Å². The van der Waals surface area contributed by atoms with E-state index >= 15 is 0 Å². The zero-order valence-corrected chi connectivity index (χ0v) is 17.2. The van der Waals surface area contributed by atoms with Gasteiger partial charge >= 0.3 is 0 Å². The van der Waals surface area contributed by atoms with Crippen molar-refractivity contribution >= 4 is 34.3 Å². The average molecular weight is 406 g/mol. The monoisotopic (exact) mass is 405 g/mol. The number of hydrogen-bond acceptors (Lipinski definition) is 3. The molecule has 1 amide bonds. The Hall–Kier alpha value is -3.24. The number of likely N-dealkylation sites (N-methyl/N-ethyl adjacent to an activating group) is 1. The molecule has 146 valence electrons. The van der Waals surface area contributed by atoms with E-state index in [4.69, 9.17) is 21.1 Å². The first kappa shape index (κ1) is 19.1. The van der Waals surface area contributed by atoms with Gasteiger partial charge in [0.25, 0.3) is 5.91 Å². The van der Waals surface area contributed by atoms with Crippen LogP contribution in [0.25, 0.3) is 11.1 Å². The van der Waals surface area contributed by atoms with Gasteiger partial charge in [0.1, 0.15) is 11.5 Å². The molecule has 4 rings (SSSR count). The standard InChI is InChI=1S/C24H20ClNO3/c1-26-21-14-17(25)8-13-20(21)23(24(26)27)22(15-4-9-18(28-2)10-5-15)16-6-11-19(29-3)12-7-16/h4-14H,1-3H3. The highest BCUT2D eigenvalue weighted by Crippen LogP contribution is 2.43. The molecule has 0 fully saturated rings. The maximum absolute atomic E-state index is 13.3. The van der Waals surface area contributed by atoms with Crippen molar-refractivity contribution in [1.82, 2.24) is 0 Å². The Bertz CT molecular complexity index is 1050. The van der Waals surface area contributed by atoms with Gasteiger partial charge in [0.05, 0.1) is 25.5 Å². The molecule has 0 saturated carbocycles. The third-order valence-electron chi connectivity index (χ3n) is 5.12. The first-order valence-electron chi connectivity index (χ1n) is 9.14. The van der Waals surface area contributed by atoms with Crippen LogP contribution in [-0.2, 0) is 4.79 Å². The SMILES string of the molecule is COc1ccc(C(=C2C(=O)N(C)c3cc(Cl)ccc32)c2ccc(OC)cc2)cc1. The number of rotatable bonds is 4. The van der Waals surface area contributed by atoms with Gasteiger partial charge in [-0.2, -0.15) is 0 Å². The molecule has 0 unspecified atom stereocenters. The average Bonchev–Trinajstić information content (AvgIpc) is 2.99. The van der Waals surface area contributed by atoms with Crippen LogP contribution in [0.1, 0.15) is 16.7 Å².